The second-order valence-corrected chi connectivity index (χ2v) is 2.58. The van der Waals surface area contributed by atoms with Gasteiger partial charge in [0.2, 0.25) is 0 Å². The summed E-state index contributed by atoms with van der Waals surface area (Å²) in [5.41, 5.74) is 2.87. The molecule has 62 valence electrons. The van der Waals surface area contributed by atoms with E-state index in [1.54, 1.807) is 7.11 Å². The van der Waals surface area contributed by atoms with E-state index in [1.165, 1.54) is 0 Å². The third kappa shape index (κ3) is 1.16. The van der Waals surface area contributed by atoms with E-state index < -0.39 is 0 Å². The molecule has 0 radical (unpaired) electrons. The van der Waals surface area contributed by atoms with Crippen LogP contribution in [0.15, 0.2) is 18.2 Å². The molecule has 4 heteroatoms. The number of fused-ring (bicyclic) bond motifs is 1. The third-order valence-corrected chi connectivity index (χ3v) is 1.69. The maximum Gasteiger partial charge on any atom is 0.113 e. The molecule has 0 amide bonds. The zero-order valence-corrected chi connectivity index (χ0v) is 6.74. The molecule has 0 spiro atoms. The summed E-state index contributed by atoms with van der Waals surface area (Å²) in [5.74, 6) is 0. The maximum absolute atomic E-state index is 4.99. The maximum atomic E-state index is 4.99. The molecule has 0 saturated heterocycles. The number of hydrogen-bond acceptors (Lipinski definition) is 3. The third-order valence-electron chi connectivity index (χ3n) is 1.69. The average Bonchev–Trinajstić information content (AvgIpc) is 2.51. The number of rotatable bonds is 2. The van der Waals surface area contributed by atoms with E-state index in [-0.39, 0.29) is 0 Å². The number of benzene rings is 1. The van der Waals surface area contributed by atoms with Crippen LogP contribution in [-0.2, 0) is 11.3 Å². The molecule has 0 aliphatic rings. The van der Waals surface area contributed by atoms with Crippen molar-refractivity contribution < 1.29 is 4.74 Å². The summed E-state index contributed by atoms with van der Waals surface area (Å²) in [7, 11) is 1.67. The largest absolute Gasteiger partial charge is 0.380 e. The van der Waals surface area contributed by atoms with Gasteiger partial charge < -0.3 is 4.74 Å². The van der Waals surface area contributed by atoms with Crippen LogP contribution in [-0.4, -0.2) is 22.5 Å². The number of hydrogen-bond donors (Lipinski definition) is 1. The number of H-pyrrole nitrogens is 1. The number of nitrogens with zero attached hydrogens (tertiary/aromatic N) is 2. The van der Waals surface area contributed by atoms with E-state index in [0.717, 1.165) is 16.6 Å². The first-order chi connectivity index (χ1) is 5.90. The smallest absolute Gasteiger partial charge is 0.113 e. The van der Waals surface area contributed by atoms with Crippen molar-refractivity contribution in [2.45, 2.75) is 6.61 Å². The van der Waals surface area contributed by atoms with Crippen LogP contribution in [0.1, 0.15) is 5.56 Å². The Morgan fingerprint density at radius 2 is 2.17 bits per heavy atom. The fraction of sp³-hybridized carbons (Fsp3) is 0.250. The zero-order valence-electron chi connectivity index (χ0n) is 6.74. The topological polar surface area (TPSA) is 50.8 Å². The molecule has 0 aliphatic heterocycles. The van der Waals surface area contributed by atoms with Crippen LogP contribution in [0.2, 0.25) is 0 Å². The van der Waals surface area contributed by atoms with Crippen molar-refractivity contribution in [3.63, 3.8) is 0 Å². The van der Waals surface area contributed by atoms with Gasteiger partial charge in [0, 0.05) is 7.11 Å². The molecular weight excluding hydrogens is 154 g/mol. The normalized spacial score (nSPS) is 10.8. The second-order valence-electron chi connectivity index (χ2n) is 2.58. The summed E-state index contributed by atoms with van der Waals surface area (Å²) < 4.78 is 4.99. The van der Waals surface area contributed by atoms with Gasteiger partial charge in [0.05, 0.1) is 6.61 Å². The minimum atomic E-state index is 0.614. The quantitative estimate of drug-likeness (QED) is 0.721. The molecule has 12 heavy (non-hydrogen) atoms. The Hall–Kier alpha value is -1.42. The van der Waals surface area contributed by atoms with Crippen LogP contribution < -0.4 is 0 Å². The van der Waals surface area contributed by atoms with Gasteiger partial charge in [-0.05, 0) is 17.7 Å². The van der Waals surface area contributed by atoms with Crippen LogP contribution in [0.4, 0.5) is 0 Å². The summed E-state index contributed by atoms with van der Waals surface area (Å²) >= 11 is 0. The lowest BCUT2D eigenvalue weighted by atomic mass is 10.2. The molecular formula is C8H9N3O. The standard InChI is InChI=1S/C8H9N3O/c1-12-5-6-2-3-7-8(4-6)10-11-9-7/h2-4H,5H2,1H3,(H,9,10,11). The summed E-state index contributed by atoms with van der Waals surface area (Å²) in [6.07, 6.45) is 0. The lowest BCUT2D eigenvalue weighted by molar-refractivity contribution is 0.185. The van der Waals surface area contributed by atoms with Crippen LogP contribution in [0.5, 0.6) is 0 Å². The Kier molecular flexibility index (Phi) is 1.75. The summed E-state index contributed by atoms with van der Waals surface area (Å²) in [5, 5.41) is 10.5. The molecule has 0 bridgehead atoms. The molecule has 0 saturated carbocycles. The van der Waals surface area contributed by atoms with Crippen molar-refractivity contribution in [2.75, 3.05) is 7.11 Å². The lowest BCUT2D eigenvalue weighted by Crippen LogP contribution is -1.86. The number of aromatic amines is 1. The van der Waals surface area contributed by atoms with Crippen LogP contribution in [0, 0.1) is 0 Å². The zero-order chi connectivity index (χ0) is 8.39. The molecule has 4 nitrogen and oxygen atoms in total. The minimum absolute atomic E-state index is 0.614. The van der Waals surface area contributed by atoms with Gasteiger partial charge >= 0.3 is 0 Å². The Morgan fingerprint density at radius 1 is 1.33 bits per heavy atom. The first kappa shape index (κ1) is 7.24. The molecule has 1 N–H and O–H groups in total. The minimum Gasteiger partial charge on any atom is -0.380 e. The van der Waals surface area contributed by atoms with Crippen molar-refractivity contribution in [3.8, 4) is 0 Å². The van der Waals surface area contributed by atoms with Crippen LogP contribution in [0.25, 0.3) is 11.0 Å². The predicted octanol–water partition coefficient (Wildman–Crippen LogP) is 1.10. The van der Waals surface area contributed by atoms with Crippen LogP contribution in [0.3, 0.4) is 0 Å². The number of nitrogens with one attached hydrogen (secondary N) is 1. The fourth-order valence-electron chi connectivity index (χ4n) is 1.14. The van der Waals surface area contributed by atoms with E-state index in [9.17, 15) is 0 Å². The van der Waals surface area contributed by atoms with Crippen molar-refractivity contribution >= 4 is 11.0 Å². The predicted molar refractivity (Wildman–Crippen MR) is 44.6 cm³/mol. The second kappa shape index (κ2) is 2.91. The van der Waals surface area contributed by atoms with Crippen molar-refractivity contribution in [2.24, 2.45) is 0 Å². The van der Waals surface area contributed by atoms with E-state index in [1.807, 2.05) is 18.2 Å². The van der Waals surface area contributed by atoms with E-state index >= 15 is 0 Å². The van der Waals surface area contributed by atoms with Gasteiger partial charge in [-0.2, -0.15) is 15.4 Å². The number of methoxy groups -OCH3 is 1. The first-order valence-corrected chi connectivity index (χ1v) is 3.68. The molecule has 1 aromatic heterocycles. The summed E-state index contributed by atoms with van der Waals surface area (Å²) in [6.45, 7) is 0.614. The number of aromatic nitrogens is 3. The average molecular weight is 163 g/mol. The van der Waals surface area contributed by atoms with Gasteiger partial charge in [-0.1, -0.05) is 6.07 Å². The molecule has 0 unspecified atom stereocenters. The molecule has 2 aromatic rings. The van der Waals surface area contributed by atoms with E-state index in [4.69, 9.17) is 4.74 Å². The Morgan fingerprint density at radius 3 is 3.00 bits per heavy atom. The molecule has 0 fully saturated rings. The Balaban J connectivity index is 2.46. The van der Waals surface area contributed by atoms with Gasteiger partial charge in [-0.25, -0.2) is 0 Å². The highest BCUT2D eigenvalue weighted by molar-refractivity contribution is 5.73. The van der Waals surface area contributed by atoms with E-state index in [2.05, 4.69) is 15.4 Å². The van der Waals surface area contributed by atoms with Crippen molar-refractivity contribution in [1.82, 2.24) is 15.4 Å². The summed E-state index contributed by atoms with van der Waals surface area (Å²) in [4.78, 5) is 0. The van der Waals surface area contributed by atoms with Gasteiger partial charge in [0.15, 0.2) is 0 Å². The lowest BCUT2D eigenvalue weighted by Gasteiger charge is -1.96. The SMILES string of the molecule is COCc1ccc2n[nH]nc2c1. The van der Waals surface area contributed by atoms with E-state index in [0.29, 0.717) is 6.61 Å². The molecule has 0 aliphatic carbocycles. The molecule has 1 heterocycles. The molecule has 0 atom stereocenters. The van der Waals surface area contributed by atoms with Gasteiger partial charge in [0.25, 0.3) is 0 Å². The van der Waals surface area contributed by atoms with Gasteiger partial charge in [0.1, 0.15) is 11.0 Å². The van der Waals surface area contributed by atoms with Crippen molar-refractivity contribution in [3.05, 3.63) is 23.8 Å². The Labute approximate surface area is 69.5 Å². The summed E-state index contributed by atoms with van der Waals surface area (Å²) in [6, 6.07) is 5.86. The highest BCUT2D eigenvalue weighted by Crippen LogP contribution is 2.10. The Bertz CT molecular complexity index is 382. The van der Waals surface area contributed by atoms with Gasteiger partial charge in [-0.3, -0.25) is 0 Å². The first-order valence-electron chi connectivity index (χ1n) is 3.68. The van der Waals surface area contributed by atoms with Gasteiger partial charge in [-0.15, -0.1) is 0 Å². The highest BCUT2D eigenvalue weighted by atomic mass is 16.5. The van der Waals surface area contributed by atoms with Crippen molar-refractivity contribution in [1.29, 1.82) is 0 Å². The van der Waals surface area contributed by atoms with Crippen LogP contribution >= 0.6 is 0 Å². The monoisotopic (exact) mass is 163 g/mol. The number of ether oxygens (including phenoxy) is 1. The highest BCUT2D eigenvalue weighted by Gasteiger charge is 1.98. The molecule has 1 aromatic carbocycles. The molecule has 2 rings (SSSR count). The fourth-order valence-corrected chi connectivity index (χ4v) is 1.14.